The van der Waals surface area contributed by atoms with Crippen molar-refractivity contribution in [2.24, 2.45) is 35.3 Å². The summed E-state index contributed by atoms with van der Waals surface area (Å²) in [5, 5.41) is 3.21. The van der Waals surface area contributed by atoms with Crippen molar-refractivity contribution in [3.63, 3.8) is 0 Å². The number of rotatable bonds is 4. The Morgan fingerprint density at radius 3 is 2.47 bits per heavy atom. The van der Waals surface area contributed by atoms with Crippen LogP contribution in [0.1, 0.15) is 39.5 Å². The first kappa shape index (κ1) is 11.5. The molecule has 3 rings (SSSR count). The third-order valence-electron chi connectivity index (χ3n) is 5.60. The SMILES string of the molecule is CCC(C)[C@H](N)C(=O)NC1C2C3CCC(C3)C12. The number of nitrogens with two attached hydrogens (primary N) is 1. The van der Waals surface area contributed by atoms with Gasteiger partial charge in [0, 0.05) is 6.04 Å². The molecule has 3 saturated carbocycles. The highest BCUT2D eigenvalue weighted by atomic mass is 16.2. The first-order chi connectivity index (χ1) is 8.13. The van der Waals surface area contributed by atoms with E-state index >= 15 is 0 Å². The van der Waals surface area contributed by atoms with Gasteiger partial charge in [-0.2, -0.15) is 0 Å². The lowest BCUT2D eigenvalue weighted by atomic mass is 9.99. The molecule has 6 atom stereocenters. The van der Waals surface area contributed by atoms with Gasteiger partial charge in [0.1, 0.15) is 0 Å². The Morgan fingerprint density at radius 1 is 1.35 bits per heavy atom. The summed E-state index contributed by atoms with van der Waals surface area (Å²) in [6, 6.07) is 0.155. The highest BCUT2D eigenvalue weighted by molar-refractivity contribution is 5.82. The molecule has 0 aromatic carbocycles. The summed E-state index contributed by atoms with van der Waals surface area (Å²) in [6.45, 7) is 4.14. The second-order valence-corrected chi connectivity index (χ2v) is 6.43. The second-order valence-electron chi connectivity index (χ2n) is 6.43. The van der Waals surface area contributed by atoms with Crippen LogP contribution in [-0.4, -0.2) is 18.0 Å². The molecule has 0 spiro atoms. The maximum absolute atomic E-state index is 12.0. The van der Waals surface area contributed by atoms with Gasteiger partial charge in [0.2, 0.25) is 5.91 Å². The molecule has 17 heavy (non-hydrogen) atoms. The summed E-state index contributed by atoms with van der Waals surface area (Å²) in [6.07, 6.45) is 5.20. The number of hydrogen-bond acceptors (Lipinski definition) is 2. The van der Waals surface area contributed by atoms with Gasteiger partial charge in [-0.15, -0.1) is 0 Å². The second kappa shape index (κ2) is 3.98. The normalized spacial score (nSPS) is 45.2. The zero-order valence-electron chi connectivity index (χ0n) is 10.9. The molecule has 0 heterocycles. The molecule has 96 valence electrons. The average Bonchev–Trinajstić information content (AvgIpc) is 2.75. The minimum absolute atomic E-state index is 0.0816. The molecular weight excluding hydrogens is 212 g/mol. The lowest BCUT2D eigenvalue weighted by Crippen LogP contribution is -2.46. The van der Waals surface area contributed by atoms with Gasteiger partial charge in [0.25, 0.3) is 0 Å². The fourth-order valence-electron chi connectivity index (χ4n) is 4.29. The van der Waals surface area contributed by atoms with E-state index in [2.05, 4.69) is 19.2 Å². The standard InChI is InChI=1S/C14H24N2O/c1-3-7(2)12(15)14(17)16-13-10-8-4-5-9(6-8)11(10)13/h7-13H,3-6,15H2,1-2H3,(H,16,17)/t7?,8?,9?,10?,11?,12-,13?/m0/s1. The zero-order valence-corrected chi connectivity index (χ0v) is 10.9. The van der Waals surface area contributed by atoms with Crippen LogP contribution in [0.25, 0.3) is 0 Å². The summed E-state index contributed by atoms with van der Waals surface area (Å²) in [5.74, 6) is 3.80. The molecule has 0 aromatic rings. The minimum atomic E-state index is -0.320. The van der Waals surface area contributed by atoms with Gasteiger partial charge in [-0.3, -0.25) is 4.79 Å². The number of carbonyl (C=O) groups is 1. The van der Waals surface area contributed by atoms with E-state index in [1.807, 2.05) is 0 Å². The number of amides is 1. The van der Waals surface area contributed by atoms with Crippen molar-refractivity contribution in [2.45, 2.75) is 51.6 Å². The maximum Gasteiger partial charge on any atom is 0.237 e. The molecule has 3 aliphatic rings. The Labute approximate surface area is 104 Å². The molecule has 3 fully saturated rings. The van der Waals surface area contributed by atoms with Crippen molar-refractivity contribution >= 4 is 5.91 Å². The van der Waals surface area contributed by atoms with E-state index in [0.29, 0.717) is 6.04 Å². The molecule has 0 aliphatic heterocycles. The van der Waals surface area contributed by atoms with Crippen LogP contribution in [0, 0.1) is 29.6 Å². The maximum atomic E-state index is 12.0. The van der Waals surface area contributed by atoms with E-state index < -0.39 is 0 Å². The molecule has 3 heteroatoms. The van der Waals surface area contributed by atoms with Gasteiger partial charge in [0.15, 0.2) is 0 Å². The Morgan fingerprint density at radius 2 is 1.94 bits per heavy atom. The molecule has 3 N–H and O–H groups in total. The monoisotopic (exact) mass is 236 g/mol. The van der Waals surface area contributed by atoms with Crippen LogP contribution < -0.4 is 11.1 Å². The fraction of sp³-hybridized carbons (Fsp3) is 0.929. The highest BCUT2D eigenvalue weighted by Gasteiger charge is 2.65. The molecule has 0 saturated heterocycles. The Bertz CT molecular complexity index is 314. The lowest BCUT2D eigenvalue weighted by molar-refractivity contribution is -0.123. The zero-order chi connectivity index (χ0) is 12.2. The van der Waals surface area contributed by atoms with Gasteiger partial charge in [-0.25, -0.2) is 0 Å². The van der Waals surface area contributed by atoms with Gasteiger partial charge in [0.05, 0.1) is 6.04 Å². The number of carbonyl (C=O) groups excluding carboxylic acids is 1. The first-order valence-corrected chi connectivity index (χ1v) is 7.19. The Hall–Kier alpha value is -0.570. The van der Waals surface area contributed by atoms with Crippen LogP contribution in [-0.2, 0) is 4.79 Å². The van der Waals surface area contributed by atoms with Gasteiger partial charge < -0.3 is 11.1 Å². The minimum Gasteiger partial charge on any atom is -0.351 e. The number of fused-ring (bicyclic) bond motifs is 5. The van der Waals surface area contributed by atoms with Crippen molar-refractivity contribution in [3.05, 3.63) is 0 Å². The van der Waals surface area contributed by atoms with Gasteiger partial charge in [-0.05, 0) is 48.9 Å². The predicted molar refractivity (Wildman–Crippen MR) is 67.2 cm³/mol. The van der Waals surface area contributed by atoms with Crippen molar-refractivity contribution in [1.82, 2.24) is 5.32 Å². The number of hydrogen-bond donors (Lipinski definition) is 2. The predicted octanol–water partition coefficient (Wildman–Crippen LogP) is 1.52. The highest BCUT2D eigenvalue weighted by Crippen LogP contribution is 2.65. The molecule has 0 radical (unpaired) electrons. The van der Waals surface area contributed by atoms with Crippen LogP contribution >= 0.6 is 0 Å². The van der Waals surface area contributed by atoms with E-state index in [1.165, 1.54) is 19.3 Å². The van der Waals surface area contributed by atoms with Crippen molar-refractivity contribution < 1.29 is 4.79 Å². The lowest BCUT2D eigenvalue weighted by Gasteiger charge is -2.19. The quantitative estimate of drug-likeness (QED) is 0.777. The Kier molecular flexibility index (Phi) is 2.69. The molecule has 3 nitrogen and oxygen atoms in total. The third-order valence-corrected chi connectivity index (χ3v) is 5.60. The van der Waals surface area contributed by atoms with Crippen molar-refractivity contribution in [2.75, 3.05) is 0 Å². The molecular formula is C14H24N2O. The topological polar surface area (TPSA) is 55.1 Å². The van der Waals surface area contributed by atoms with E-state index in [1.54, 1.807) is 0 Å². The van der Waals surface area contributed by atoms with E-state index in [0.717, 1.165) is 30.1 Å². The van der Waals surface area contributed by atoms with Crippen LogP contribution in [0.5, 0.6) is 0 Å². The summed E-state index contributed by atoms with van der Waals surface area (Å²) in [4.78, 5) is 12.0. The molecule has 3 aliphatic carbocycles. The average molecular weight is 236 g/mol. The van der Waals surface area contributed by atoms with Crippen LogP contribution in [0.2, 0.25) is 0 Å². The van der Waals surface area contributed by atoms with Crippen LogP contribution in [0.3, 0.4) is 0 Å². The van der Waals surface area contributed by atoms with E-state index in [9.17, 15) is 4.79 Å². The van der Waals surface area contributed by atoms with E-state index in [4.69, 9.17) is 5.73 Å². The van der Waals surface area contributed by atoms with Crippen LogP contribution in [0.15, 0.2) is 0 Å². The van der Waals surface area contributed by atoms with Gasteiger partial charge in [-0.1, -0.05) is 20.3 Å². The third kappa shape index (κ3) is 1.70. The summed E-state index contributed by atoms with van der Waals surface area (Å²) in [5.41, 5.74) is 5.97. The molecule has 1 amide bonds. The molecule has 5 unspecified atom stereocenters. The summed E-state index contributed by atoms with van der Waals surface area (Å²) < 4.78 is 0. The van der Waals surface area contributed by atoms with Gasteiger partial charge >= 0.3 is 0 Å². The first-order valence-electron chi connectivity index (χ1n) is 7.19. The van der Waals surface area contributed by atoms with Crippen molar-refractivity contribution in [3.8, 4) is 0 Å². The largest absolute Gasteiger partial charge is 0.351 e. The van der Waals surface area contributed by atoms with E-state index in [-0.39, 0.29) is 17.9 Å². The Balaban J connectivity index is 1.54. The smallest absolute Gasteiger partial charge is 0.237 e. The fourth-order valence-corrected chi connectivity index (χ4v) is 4.29. The van der Waals surface area contributed by atoms with Crippen molar-refractivity contribution in [1.29, 1.82) is 0 Å². The summed E-state index contributed by atoms with van der Waals surface area (Å²) in [7, 11) is 0. The number of nitrogens with one attached hydrogen (secondary N) is 1. The molecule has 0 aromatic heterocycles. The summed E-state index contributed by atoms with van der Waals surface area (Å²) >= 11 is 0. The van der Waals surface area contributed by atoms with Crippen LogP contribution in [0.4, 0.5) is 0 Å². The molecule has 2 bridgehead atoms.